The number of hydrogen-bond acceptors (Lipinski definition) is 1. The van der Waals surface area contributed by atoms with Gasteiger partial charge in [-0.1, -0.05) is 28.7 Å². The lowest BCUT2D eigenvalue weighted by Gasteiger charge is -2.00. The van der Waals surface area contributed by atoms with Gasteiger partial charge in [0.25, 0.3) is 0 Å². The zero-order chi connectivity index (χ0) is 8.43. The van der Waals surface area contributed by atoms with Crippen LogP contribution in [0.25, 0.3) is 0 Å². The molecule has 4 heteroatoms. The first-order valence-corrected chi connectivity index (χ1v) is 3.55. The third kappa shape index (κ3) is 1.68. The summed E-state index contributed by atoms with van der Waals surface area (Å²) in [6, 6.07) is 4.86. The van der Waals surface area contributed by atoms with Crippen molar-refractivity contribution >= 4 is 36.5 Å². The van der Waals surface area contributed by atoms with Gasteiger partial charge < -0.3 is 0 Å². The number of nitriles is 1. The molecule has 0 aromatic heterocycles. The second-order valence-electron chi connectivity index (χ2n) is 1.97. The lowest BCUT2D eigenvalue weighted by molar-refractivity contribution is 1.49. The minimum atomic E-state index is 0.312. The van der Waals surface area contributed by atoms with Crippen LogP contribution in [0.2, 0.25) is 10.0 Å². The number of benzene rings is 1. The summed E-state index contributed by atoms with van der Waals surface area (Å²) < 4.78 is 0. The third-order valence-corrected chi connectivity index (χ3v) is 1.83. The second-order valence-corrected chi connectivity index (χ2v) is 2.78. The van der Waals surface area contributed by atoms with Crippen LogP contribution in [0.4, 0.5) is 0 Å². The van der Waals surface area contributed by atoms with Gasteiger partial charge >= 0.3 is 0 Å². The summed E-state index contributed by atoms with van der Waals surface area (Å²) >= 11 is 11.3. The van der Waals surface area contributed by atoms with Crippen molar-refractivity contribution in [1.82, 2.24) is 0 Å². The number of nitrogens with zero attached hydrogens (tertiary/aromatic N) is 1. The minimum absolute atomic E-state index is 0.312. The maximum atomic E-state index is 8.47. The van der Waals surface area contributed by atoms with Crippen LogP contribution in [0.3, 0.4) is 0 Å². The molecule has 0 N–H and O–H groups in total. The summed E-state index contributed by atoms with van der Waals surface area (Å²) in [5.74, 6) is 0. The van der Waals surface area contributed by atoms with Gasteiger partial charge in [-0.25, -0.2) is 0 Å². The Labute approximate surface area is 75.9 Å². The van der Waals surface area contributed by atoms with E-state index >= 15 is 0 Å². The minimum Gasteiger partial charge on any atom is -0.192 e. The highest BCUT2D eigenvalue weighted by molar-refractivity contribution is 6.51. The molecule has 2 radical (unpaired) electrons. The molecule has 11 heavy (non-hydrogen) atoms. The van der Waals surface area contributed by atoms with Gasteiger partial charge in [-0.05, 0) is 12.1 Å². The molecule has 0 aliphatic heterocycles. The van der Waals surface area contributed by atoms with Crippen molar-refractivity contribution in [1.29, 1.82) is 5.26 Å². The van der Waals surface area contributed by atoms with Crippen LogP contribution in [0.5, 0.6) is 0 Å². The smallest absolute Gasteiger partial charge is 0.117 e. The third-order valence-electron chi connectivity index (χ3n) is 1.21. The zero-order valence-corrected chi connectivity index (χ0v) is 6.95. The second kappa shape index (κ2) is 3.17. The molecule has 0 unspecified atom stereocenters. The van der Waals surface area contributed by atoms with Crippen molar-refractivity contribution in [2.45, 2.75) is 0 Å². The summed E-state index contributed by atoms with van der Waals surface area (Å²) in [5, 5.41) is 9.10. The van der Waals surface area contributed by atoms with Gasteiger partial charge in [-0.3, -0.25) is 0 Å². The lowest BCUT2D eigenvalue weighted by atomic mass is 9.95. The van der Waals surface area contributed by atoms with Gasteiger partial charge in [-0.15, -0.1) is 0 Å². The molecule has 1 nitrogen and oxygen atoms in total. The predicted octanol–water partition coefficient (Wildman–Crippen LogP) is 1.66. The fraction of sp³-hybridized carbons (Fsp3) is 0. The summed E-state index contributed by atoms with van der Waals surface area (Å²) in [7, 11) is 5.43. The predicted molar refractivity (Wildman–Crippen MR) is 46.6 cm³/mol. The average Bonchev–Trinajstić information content (AvgIpc) is 1.99. The molecule has 0 saturated carbocycles. The summed E-state index contributed by atoms with van der Waals surface area (Å²) in [6.07, 6.45) is 0. The maximum Gasteiger partial charge on any atom is 0.117 e. The Morgan fingerprint density at radius 2 is 1.73 bits per heavy atom. The van der Waals surface area contributed by atoms with E-state index in [1.165, 1.54) is 12.1 Å². The molecule has 0 heterocycles. The van der Waals surface area contributed by atoms with E-state index in [0.29, 0.717) is 21.1 Å². The Hall–Kier alpha value is -0.645. The first kappa shape index (κ1) is 8.45. The van der Waals surface area contributed by atoms with Crippen LogP contribution < -0.4 is 5.46 Å². The maximum absolute atomic E-state index is 8.47. The largest absolute Gasteiger partial charge is 0.192 e. The van der Waals surface area contributed by atoms with E-state index in [4.69, 9.17) is 36.3 Å². The van der Waals surface area contributed by atoms with Crippen molar-refractivity contribution in [2.24, 2.45) is 0 Å². The summed E-state index contributed by atoms with van der Waals surface area (Å²) in [6.45, 7) is 0. The van der Waals surface area contributed by atoms with Crippen LogP contribution >= 0.6 is 23.2 Å². The average molecular weight is 182 g/mol. The molecular formula is C7H2BCl2N. The lowest BCUT2D eigenvalue weighted by Crippen LogP contribution is -2.05. The first-order chi connectivity index (χ1) is 5.15. The molecule has 0 spiro atoms. The number of rotatable bonds is 0. The highest BCUT2D eigenvalue weighted by Crippen LogP contribution is 2.14. The highest BCUT2D eigenvalue weighted by atomic mass is 35.5. The van der Waals surface area contributed by atoms with E-state index in [-0.39, 0.29) is 0 Å². The van der Waals surface area contributed by atoms with E-state index in [2.05, 4.69) is 0 Å². The van der Waals surface area contributed by atoms with Crippen molar-refractivity contribution in [3.8, 4) is 6.07 Å². The van der Waals surface area contributed by atoms with Crippen LogP contribution in [-0.2, 0) is 0 Å². The van der Waals surface area contributed by atoms with Crippen molar-refractivity contribution in [3.05, 3.63) is 27.7 Å². The molecule has 0 fully saturated rings. The Morgan fingerprint density at radius 3 is 2.09 bits per heavy atom. The van der Waals surface area contributed by atoms with Crippen molar-refractivity contribution < 1.29 is 0 Å². The molecule has 0 aliphatic carbocycles. The molecule has 1 aromatic rings. The molecule has 0 aliphatic rings. The molecule has 1 rings (SSSR count). The van der Waals surface area contributed by atoms with Gasteiger partial charge in [-0.2, -0.15) is 5.26 Å². The van der Waals surface area contributed by atoms with Crippen LogP contribution in [-0.4, -0.2) is 7.85 Å². The quantitative estimate of drug-likeness (QED) is 0.559. The molecule has 0 bridgehead atoms. The molecule has 52 valence electrons. The highest BCUT2D eigenvalue weighted by Gasteiger charge is 2.01. The zero-order valence-electron chi connectivity index (χ0n) is 5.44. The van der Waals surface area contributed by atoms with E-state index < -0.39 is 0 Å². The Morgan fingerprint density at radius 1 is 1.27 bits per heavy atom. The van der Waals surface area contributed by atoms with E-state index in [1.807, 2.05) is 6.07 Å². The van der Waals surface area contributed by atoms with E-state index in [1.54, 1.807) is 0 Å². The SMILES string of the molecule is [B]c1c(Cl)cc(C#N)cc1Cl. The monoisotopic (exact) mass is 181 g/mol. The Balaban J connectivity index is 3.35. The van der Waals surface area contributed by atoms with Gasteiger partial charge in [0.15, 0.2) is 0 Å². The van der Waals surface area contributed by atoms with Crippen molar-refractivity contribution in [3.63, 3.8) is 0 Å². The molecule has 0 amide bonds. The van der Waals surface area contributed by atoms with Crippen LogP contribution in [0.15, 0.2) is 12.1 Å². The topological polar surface area (TPSA) is 23.8 Å². The first-order valence-electron chi connectivity index (χ1n) is 2.79. The van der Waals surface area contributed by atoms with Crippen LogP contribution in [0, 0.1) is 11.3 Å². The van der Waals surface area contributed by atoms with Gasteiger partial charge in [0, 0.05) is 10.0 Å². The number of hydrogen-bond donors (Lipinski definition) is 0. The van der Waals surface area contributed by atoms with Crippen LogP contribution in [0.1, 0.15) is 5.56 Å². The normalized spacial score (nSPS) is 9.18. The molecular weight excluding hydrogens is 180 g/mol. The standard InChI is InChI=1S/C7H2BCl2N/c8-7-5(9)1-4(3-11)2-6(7)10/h1-2H. The Kier molecular flexibility index (Phi) is 2.43. The fourth-order valence-corrected chi connectivity index (χ4v) is 1.14. The molecule has 1 aromatic carbocycles. The fourth-order valence-electron chi connectivity index (χ4n) is 0.649. The summed E-state index contributed by atoms with van der Waals surface area (Å²) in [4.78, 5) is 0. The van der Waals surface area contributed by atoms with Gasteiger partial charge in [0.2, 0.25) is 0 Å². The van der Waals surface area contributed by atoms with Gasteiger partial charge in [0.1, 0.15) is 7.85 Å². The van der Waals surface area contributed by atoms with Gasteiger partial charge in [0.05, 0.1) is 11.6 Å². The molecule has 0 saturated heterocycles. The Bertz CT molecular complexity index is 307. The van der Waals surface area contributed by atoms with E-state index in [9.17, 15) is 0 Å². The van der Waals surface area contributed by atoms with Crippen molar-refractivity contribution in [2.75, 3.05) is 0 Å². The molecule has 0 atom stereocenters. The van der Waals surface area contributed by atoms with E-state index in [0.717, 1.165) is 0 Å². The summed E-state index contributed by atoms with van der Waals surface area (Å²) in [5.41, 5.74) is 0.724. The number of halogens is 2.